The molecule has 0 amide bonds. The Morgan fingerprint density at radius 1 is 0.500 bits per heavy atom. The van der Waals surface area contributed by atoms with Crippen LogP contribution in [-0.4, -0.2) is 14.5 Å². The number of aromatic nitrogens is 3. The molecule has 40 heavy (non-hydrogen) atoms. The van der Waals surface area contributed by atoms with E-state index in [1.165, 1.54) is 36.8 Å². The molecule has 5 aromatic carbocycles. The van der Waals surface area contributed by atoms with E-state index in [4.69, 9.17) is 9.97 Å². The van der Waals surface area contributed by atoms with E-state index in [0.29, 0.717) is 5.82 Å². The van der Waals surface area contributed by atoms with Crippen molar-refractivity contribution in [3.8, 4) is 39.6 Å². The van der Waals surface area contributed by atoms with Crippen LogP contribution in [-0.2, 0) is 0 Å². The molecule has 0 saturated carbocycles. The van der Waals surface area contributed by atoms with Gasteiger partial charge in [0.2, 0.25) is 0 Å². The highest BCUT2D eigenvalue weighted by atomic mass is 32.1. The van der Waals surface area contributed by atoms with E-state index in [-0.39, 0.29) is 0 Å². The lowest BCUT2D eigenvalue weighted by molar-refractivity contribution is 1.05. The second kappa shape index (κ2) is 9.30. The zero-order chi connectivity index (χ0) is 26.5. The Kier molecular flexibility index (Phi) is 5.32. The summed E-state index contributed by atoms with van der Waals surface area (Å²) < 4.78 is 3.60. The van der Waals surface area contributed by atoms with Gasteiger partial charge in [0, 0.05) is 38.1 Å². The minimum atomic E-state index is 0.717. The fourth-order valence-corrected chi connectivity index (χ4v) is 6.79. The van der Waals surface area contributed by atoms with Gasteiger partial charge in [-0.2, -0.15) is 0 Å². The van der Waals surface area contributed by atoms with Crippen LogP contribution < -0.4 is 0 Å². The van der Waals surface area contributed by atoms with Crippen molar-refractivity contribution in [3.05, 3.63) is 140 Å². The van der Waals surface area contributed by atoms with Gasteiger partial charge in [-0.25, -0.2) is 9.97 Å². The fraction of sp³-hybridized carbons (Fsp3) is 0. The standard InChI is InChI=1S/C36H23N3S/c1-4-12-24(13-5-1)27-20-21-31-29(22-27)34-28-18-10-11-19-32(28)40-36(34)39(31)33-23-30(25-14-6-2-7-15-25)37-35(38-33)26-16-8-3-9-17-26/h1-23H. The number of thiophene rings is 1. The van der Waals surface area contributed by atoms with E-state index in [1.54, 1.807) is 0 Å². The Bertz CT molecular complexity index is 2090. The Hall–Kier alpha value is -5.06. The van der Waals surface area contributed by atoms with Gasteiger partial charge in [0.1, 0.15) is 10.6 Å². The molecular formula is C36H23N3S. The van der Waals surface area contributed by atoms with E-state index < -0.39 is 0 Å². The number of hydrogen-bond acceptors (Lipinski definition) is 3. The highest BCUT2D eigenvalue weighted by Gasteiger charge is 2.20. The van der Waals surface area contributed by atoms with Crippen molar-refractivity contribution >= 4 is 42.5 Å². The van der Waals surface area contributed by atoms with Crippen LogP contribution in [0.5, 0.6) is 0 Å². The summed E-state index contributed by atoms with van der Waals surface area (Å²) in [5, 5.41) is 3.78. The van der Waals surface area contributed by atoms with Crippen LogP contribution in [0.3, 0.4) is 0 Å². The maximum atomic E-state index is 5.18. The third kappa shape index (κ3) is 3.73. The number of fused-ring (bicyclic) bond motifs is 5. The van der Waals surface area contributed by atoms with Crippen LogP contribution in [0.15, 0.2) is 140 Å². The minimum absolute atomic E-state index is 0.717. The predicted molar refractivity (Wildman–Crippen MR) is 168 cm³/mol. The van der Waals surface area contributed by atoms with E-state index in [1.807, 2.05) is 35.6 Å². The van der Waals surface area contributed by atoms with Gasteiger partial charge in [0.05, 0.1) is 11.2 Å². The van der Waals surface area contributed by atoms with Crippen LogP contribution in [0.25, 0.3) is 70.8 Å². The third-order valence-corrected chi connectivity index (χ3v) is 8.59. The lowest BCUT2D eigenvalue weighted by atomic mass is 10.0. The minimum Gasteiger partial charge on any atom is -0.285 e. The van der Waals surface area contributed by atoms with Gasteiger partial charge >= 0.3 is 0 Å². The molecule has 0 saturated heterocycles. The van der Waals surface area contributed by atoms with Crippen molar-refractivity contribution in [3.63, 3.8) is 0 Å². The van der Waals surface area contributed by atoms with E-state index in [0.717, 1.165) is 28.2 Å². The van der Waals surface area contributed by atoms with Crippen LogP contribution in [0, 0.1) is 0 Å². The van der Waals surface area contributed by atoms with Gasteiger partial charge in [-0.3, -0.25) is 4.57 Å². The first kappa shape index (κ1) is 22.9. The lowest BCUT2D eigenvalue weighted by Crippen LogP contribution is -2.02. The van der Waals surface area contributed by atoms with Crippen molar-refractivity contribution in [1.82, 2.24) is 14.5 Å². The van der Waals surface area contributed by atoms with Crippen molar-refractivity contribution in [2.24, 2.45) is 0 Å². The first-order valence-electron chi connectivity index (χ1n) is 13.3. The largest absolute Gasteiger partial charge is 0.285 e. The smallest absolute Gasteiger partial charge is 0.162 e. The lowest BCUT2D eigenvalue weighted by Gasteiger charge is -2.12. The molecule has 4 heteroatoms. The van der Waals surface area contributed by atoms with Gasteiger partial charge < -0.3 is 0 Å². The quantitative estimate of drug-likeness (QED) is 0.227. The van der Waals surface area contributed by atoms with Crippen molar-refractivity contribution in [1.29, 1.82) is 0 Å². The van der Waals surface area contributed by atoms with E-state index >= 15 is 0 Å². The molecule has 0 aliphatic rings. The maximum absolute atomic E-state index is 5.18. The van der Waals surface area contributed by atoms with Crippen molar-refractivity contribution in [2.45, 2.75) is 0 Å². The van der Waals surface area contributed by atoms with Crippen LogP contribution in [0.1, 0.15) is 0 Å². The summed E-state index contributed by atoms with van der Waals surface area (Å²) in [6.45, 7) is 0. The number of rotatable bonds is 4. The predicted octanol–water partition coefficient (Wildman–Crippen LogP) is 9.79. The van der Waals surface area contributed by atoms with E-state index in [2.05, 4.69) is 120 Å². The number of nitrogens with zero attached hydrogens (tertiary/aromatic N) is 3. The second-order valence-corrected chi connectivity index (χ2v) is 10.9. The van der Waals surface area contributed by atoms with Gasteiger partial charge in [-0.1, -0.05) is 115 Å². The molecule has 8 rings (SSSR count). The first-order valence-corrected chi connectivity index (χ1v) is 14.2. The molecule has 3 aromatic heterocycles. The summed E-state index contributed by atoms with van der Waals surface area (Å²) in [6, 6.07) is 48.8. The molecule has 3 heterocycles. The van der Waals surface area contributed by atoms with Crippen molar-refractivity contribution < 1.29 is 0 Å². The number of benzene rings is 5. The molecule has 0 aliphatic heterocycles. The normalized spacial score (nSPS) is 11.5. The summed E-state index contributed by atoms with van der Waals surface area (Å²) in [5.41, 5.74) is 6.53. The van der Waals surface area contributed by atoms with Crippen LogP contribution >= 0.6 is 11.3 Å². The molecular weight excluding hydrogens is 506 g/mol. The molecule has 0 bridgehead atoms. The van der Waals surface area contributed by atoms with Crippen LogP contribution in [0.2, 0.25) is 0 Å². The molecule has 3 nitrogen and oxygen atoms in total. The average Bonchev–Trinajstić information content (AvgIpc) is 3.56. The Balaban J connectivity index is 1.46. The molecule has 0 fully saturated rings. The fourth-order valence-electron chi connectivity index (χ4n) is 5.55. The topological polar surface area (TPSA) is 30.7 Å². The SMILES string of the molecule is c1ccc(-c2ccc3c(c2)c2c4ccccc4sc2n3-c2cc(-c3ccccc3)nc(-c3ccccc3)n2)cc1. The molecule has 188 valence electrons. The monoisotopic (exact) mass is 529 g/mol. The van der Waals surface area contributed by atoms with Gasteiger partial charge in [-0.05, 0) is 29.3 Å². The Morgan fingerprint density at radius 3 is 1.90 bits per heavy atom. The van der Waals surface area contributed by atoms with Gasteiger partial charge in [0.15, 0.2) is 5.82 Å². The Morgan fingerprint density at radius 2 is 1.15 bits per heavy atom. The zero-order valence-electron chi connectivity index (χ0n) is 21.5. The summed E-state index contributed by atoms with van der Waals surface area (Å²) in [6.07, 6.45) is 0. The summed E-state index contributed by atoms with van der Waals surface area (Å²) in [7, 11) is 0. The number of hydrogen-bond donors (Lipinski definition) is 0. The Labute approximate surface area is 235 Å². The van der Waals surface area contributed by atoms with E-state index in [9.17, 15) is 0 Å². The molecule has 0 spiro atoms. The summed E-state index contributed by atoms with van der Waals surface area (Å²) in [5.74, 6) is 1.58. The molecule has 0 aliphatic carbocycles. The summed E-state index contributed by atoms with van der Waals surface area (Å²) in [4.78, 5) is 11.4. The maximum Gasteiger partial charge on any atom is 0.162 e. The molecule has 0 radical (unpaired) electrons. The van der Waals surface area contributed by atoms with Gasteiger partial charge in [0.25, 0.3) is 0 Å². The van der Waals surface area contributed by atoms with Crippen LogP contribution in [0.4, 0.5) is 0 Å². The average molecular weight is 530 g/mol. The highest BCUT2D eigenvalue weighted by Crippen LogP contribution is 2.43. The molecule has 0 N–H and O–H groups in total. The molecule has 0 unspecified atom stereocenters. The molecule has 0 atom stereocenters. The molecule has 8 aromatic rings. The summed E-state index contributed by atoms with van der Waals surface area (Å²) >= 11 is 1.82. The third-order valence-electron chi connectivity index (χ3n) is 7.44. The first-order chi connectivity index (χ1) is 19.8. The van der Waals surface area contributed by atoms with Crippen molar-refractivity contribution in [2.75, 3.05) is 0 Å². The second-order valence-electron chi connectivity index (χ2n) is 9.88. The highest BCUT2D eigenvalue weighted by molar-refractivity contribution is 7.25. The zero-order valence-corrected chi connectivity index (χ0v) is 22.3. The van der Waals surface area contributed by atoms with Gasteiger partial charge in [-0.15, -0.1) is 11.3 Å².